The highest BCUT2D eigenvalue weighted by Gasteiger charge is 2.16. The lowest BCUT2D eigenvalue weighted by atomic mass is 10.2. The summed E-state index contributed by atoms with van der Waals surface area (Å²) in [6, 6.07) is 6.67. The molecule has 0 aliphatic carbocycles. The molecule has 0 aliphatic heterocycles. The molecule has 5 heteroatoms. The molecule has 1 aromatic rings. The highest BCUT2D eigenvalue weighted by Crippen LogP contribution is 2.10. The van der Waals surface area contributed by atoms with Gasteiger partial charge in [0, 0.05) is 0 Å². The normalized spacial score (nSPS) is 10.4. The van der Waals surface area contributed by atoms with Crippen LogP contribution in [0.25, 0.3) is 0 Å². The number of nitrogens with zero attached hydrogens (tertiary/aromatic N) is 2. The number of ether oxygens (including phenoxy) is 1. The second-order valence-corrected chi connectivity index (χ2v) is 4.15. The summed E-state index contributed by atoms with van der Waals surface area (Å²) in [5.41, 5.74) is -0.315. The van der Waals surface area contributed by atoms with E-state index in [-0.39, 0.29) is 5.69 Å². The third-order valence-corrected chi connectivity index (χ3v) is 1.49. The fourth-order valence-corrected chi connectivity index (χ4v) is 0.975. The Bertz CT molecular complexity index is 430. The van der Waals surface area contributed by atoms with Crippen molar-refractivity contribution < 1.29 is 9.53 Å². The minimum Gasteiger partial charge on any atom is -0.444 e. The van der Waals surface area contributed by atoms with Gasteiger partial charge in [-0.05, 0) is 32.9 Å². The minimum atomic E-state index is -0.588. The van der Waals surface area contributed by atoms with Crippen LogP contribution >= 0.6 is 0 Å². The first-order valence-corrected chi connectivity index (χ1v) is 4.78. The Morgan fingerprint density at radius 3 is 2.75 bits per heavy atom. The largest absolute Gasteiger partial charge is 0.444 e. The molecule has 1 amide bonds. The van der Waals surface area contributed by atoms with Crippen molar-refractivity contribution in [2.75, 3.05) is 5.32 Å². The number of nitrogens with one attached hydrogen (secondary N) is 1. The zero-order valence-electron chi connectivity index (χ0n) is 9.44. The van der Waals surface area contributed by atoms with Gasteiger partial charge in [0.05, 0.1) is 0 Å². The molecule has 0 spiro atoms. The van der Waals surface area contributed by atoms with Gasteiger partial charge in [0.1, 0.15) is 23.2 Å². The Balaban J connectivity index is 2.67. The topological polar surface area (TPSA) is 75.0 Å². The molecule has 0 saturated heterocycles. The van der Waals surface area contributed by atoms with Gasteiger partial charge in [0.15, 0.2) is 0 Å². The molecule has 0 aliphatic rings. The SMILES string of the molecule is CC(C)(C)OC(=O)Nc1cccc(C#N)n1. The summed E-state index contributed by atoms with van der Waals surface area (Å²) in [6.45, 7) is 5.31. The van der Waals surface area contributed by atoms with Gasteiger partial charge in [0.2, 0.25) is 0 Å². The van der Waals surface area contributed by atoms with Crippen LogP contribution in [0.2, 0.25) is 0 Å². The van der Waals surface area contributed by atoms with E-state index in [2.05, 4.69) is 10.3 Å². The smallest absolute Gasteiger partial charge is 0.413 e. The van der Waals surface area contributed by atoms with E-state index in [1.165, 1.54) is 0 Å². The summed E-state index contributed by atoms with van der Waals surface area (Å²) in [4.78, 5) is 15.3. The first kappa shape index (κ1) is 12.0. The molecule has 0 unspecified atom stereocenters. The maximum absolute atomic E-state index is 11.4. The van der Waals surface area contributed by atoms with Crippen molar-refractivity contribution in [2.45, 2.75) is 26.4 Å². The average Bonchev–Trinajstić information content (AvgIpc) is 2.15. The Labute approximate surface area is 94.1 Å². The average molecular weight is 219 g/mol. The zero-order valence-corrected chi connectivity index (χ0v) is 9.44. The number of pyridine rings is 1. The van der Waals surface area contributed by atoms with Gasteiger partial charge in [-0.15, -0.1) is 0 Å². The number of anilines is 1. The van der Waals surface area contributed by atoms with Crippen LogP contribution in [0, 0.1) is 11.3 Å². The van der Waals surface area contributed by atoms with Crippen LogP contribution in [0.15, 0.2) is 18.2 Å². The van der Waals surface area contributed by atoms with Gasteiger partial charge in [-0.1, -0.05) is 6.07 Å². The van der Waals surface area contributed by atoms with E-state index in [0.29, 0.717) is 5.82 Å². The van der Waals surface area contributed by atoms with Crippen LogP contribution in [-0.4, -0.2) is 16.7 Å². The van der Waals surface area contributed by atoms with Gasteiger partial charge in [-0.2, -0.15) is 5.26 Å². The van der Waals surface area contributed by atoms with E-state index in [4.69, 9.17) is 10.00 Å². The van der Waals surface area contributed by atoms with Crippen molar-refractivity contribution in [3.63, 3.8) is 0 Å². The number of hydrogen-bond donors (Lipinski definition) is 1. The number of aromatic nitrogens is 1. The fraction of sp³-hybridized carbons (Fsp3) is 0.364. The second kappa shape index (κ2) is 4.62. The Kier molecular flexibility index (Phi) is 3.46. The Morgan fingerprint density at radius 1 is 1.50 bits per heavy atom. The fourth-order valence-electron chi connectivity index (χ4n) is 0.975. The quantitative estimate of drug-likeness (QED) is 0.786. The molecule has 1 aromatic heterocycles. The number of nitriles is 1. The molecule has 1 rings (SSSR count). The van der Waals surface area contributed by atoms with Gasteiger partial charge in [-0.25, -0.2) is 9.78 Å². The summed E-state index contributed by atoms with van der Waals surface area (Å²) in [5, 5.41) is 11.1. The van der Waals surface area contributed by atoms with Gasteiger partial charge < -0.3 is 4.74 Å². The summed E-state index contributed by atoms with van der Waals surface area (Å²) < 4.78 is 5.04. The number of amides is 1. The molecular formula is C11H13N3O2. The van der Waals surface area contributed by atoms with Crippen molar-refractivity contribution >= 4 is 11.9 Å². The molecule has 0 bridgehead atoms. The van der Waals surface area contributed by atoms with Crippen molar-refractivity contribution in [3.8, 4) is 6.07 Å². The highest BCUT2D eigenvalue weighted by molar-refractivity contribution is 5.83. The van der Waals surface area contributed by atoms with Crippen LogP contribution in [0.4, 0.5) is 10.6 Å². The Morgan fingerprint density at radius 2 is 2.19 bits per heavy atom. The van der Waals surface area contributed by atoms with E-state index < -0.39 is 11.7 Å². The van der Waals surface area contributed by atoms with Crippen molar-refractivity contribution in [1.29, 1.82) is 5.26 Å². The van der Waals surface area contributed by atoms with E-state index in [0.717, 1.165) is 0 Å². The predicted octanol–water partition coefficient (Wildman–Crippen LogP) is 2.30. The van der Waals surface area contributed by atoms with Crippen molar-refractivity contribution in [1.82, 2.24) is 4.98 Å². The molecule has 0 aromatic carbocycles. The molecule has 0 saturated carbocycles. The third kappa shape index (κ3) is 3.96. The van der Waals surface area contributed by atoms with E-state index >= 15 is 0 Å². The van der Waals surface area contributed by atoms with E-state index in [1.54, 1.807) is 39.0 Å². The van der Waals surface area contributed by atoms with Crippen molar-refractivity contribution in [2.24, 2.45) is 0 Å². The Hall–Kier alpha value is -2.09. The summed E-state index contributed by atoms with van der Waals surface area (Å²) in [6.07, 6.45) is -0.588. The number of carbonyl (C=O) groups excluding carboxylic acids is 1. The molecule has 5 nitrogen and oxygen atoms in total. The third-order valence-electron chi connectivity index (χ3n) is 1.49. The maximum Gasteiger partial charge on any atom is 0.413 e. The first-order chi connectivity index (χ1) is 7.40. The number of carbonyl (C=O) groups is 1. The number of rotatable bonds is 1. The maximum atomic E-state index is 11.4. The lowest BCUT2D eigenvalue weighted by Crippen LogP contribution is -2.27. The number of hydrogen-bond acceptors (Lipinski definition) is 4. The van der Waals surface area contributed by atoms with Crippen LogP contribution < -0.4 is 5.32 Å². The molecule has 84 valence electrons. The summed E-state index contributed by atoms with van der Waals surface area (Å²) in [7, 11) is 0. The molecule has 0 fully saturated rings. The summed E-state index contributed by atoms with van der Waals surface area (Å²) >= 11 is 0. The zero-order chi connectivity index (χ0) is 12.2. The lowest BCUT2D eigenvalue weighted by molar-refractivity contribution is 0.0635. The predicted molar refractivity (Wildman–Crippen MR) is 58.8 cm³/mol. The van der Waals surface area contributed by atoms with Gasteiger partial charge >= 0.3 is 6.09 Å². The summed E-state index contributed by atoms with van der Waals surface area (Å²) in [5.74, 6) is 0.299. The highest BCUT2D eigenvalue weighted by atomic mass is 16.6. The monoisotopic (exact) mass is 219 g/mol. The van der Waals surface area contributed by atoms with Gasteiger partial charge in [0.25, 0.3) is 0 Å². The molecule has 1 N–H and O–H groups in total. The molecule has 1 heterocycles. The molecule has 0 radical (unpaired) electrons. The van der Waals surface area contributed by atoms with E-state index in [9.17, 15) is 4.79 Å². The molecule has 0 atom stereocenters. The molecule has 16 heavy (non-hydrogen) atoms. The van der Waals surface area contributed by atoms with Crippen LogP contribution in [0.3, 0.4) is 0 Å². The molecular weight excluding hydrogens is 206 g/mol. The second-order valence-electron chi connectivity index (χ2n) is 4.15. The minimum absolute atomic E-state index is 0.244. The van der Waals surface area contributed by atoms with Crippen molar-refractivity contribution in [3.05, 3.63) is 23.9 Å². The van der Waals surface area contributed by atoms with Crippen LogP contribution in [-0.2, 0) is 4.74 Å². The van der Waals surface area contributed by atoms with Crippen LogP contribution in [0.5, 0.6) is 0 Å². The van der Waals surface area contributed by atoms with Crippen LogP contribution in [0.1, 0.15) is 26.5 Å². The first-order valence-electron chi connectivity index (χ1n) is 4.78. The van der Waals surface area contributed by atoms with Gasteiger partial charge in [-0.3, -0.25) is 5.32 Å². The van der Waals surface area contributed by atoms with E-state index in [1.807, 2.05) is 6.07 Å². The lowest BCUT2D eigenvalue weighted by Gasteiger charge is -2.19. The standard InChI is InChI=1S/C11H13N3O2/c1-11(2,3)16-10(15)14-9-6-4-5-8(7-12)13-9/h4-6H,1-3H3,(H,13,14,15).